The van der Waals surface area contributed by atoms with E-state index in [1.807, 2.05) is 96.8 Å². The number of nitrogens with zero attached hydrogens (tertiary/aromatic N) is 1. The van der Waals surface area contributed by atoms with Crippen molar-refractivity contribution in [1.82, 2.24) is 10.2 Å². The first-order valence-electron chi connectivity index (χ1n) is 10.0. The largest absolute Gasteiger partial charge is 0.346 e. The molecule has 1 N–H and O–H groups in total. The molecule has 152 valence electrons. The molecule has 30 heavy (non-hydrogen) atoms. The van der Waals surface area contributed by atoms with Gasteiger partial charge in [0.25, 0.3) is 5.91 Å². The number of hydrogen-bond donors (Lipinski definition) is 1. The van der Waals surface area contributed by atoms with Gasteiger partial charge in [-0.05, 0) is 35.7 Å². The van der Waals surface area contributed by atoms with Crippen LogP contribution in [-0.4, -0.2) is 22.5 Å². The van der Waals surface area contributed by atoms with Crippen molar-refractivity contribution in [3.63, 3.8) is 0 Å². The molecule has 3 aromatic carbocycles. The number of nitrogens with one attached hydrogen (secondary N) is 1. The van der Waals surface area contributed by atoms with E-state index in [9.17, 15) is 9.59 Å². The lowest BCUT2D eigenvalue weighted by Gasteiger charge is -2.24. The third-order valence-corrected chi connectivity index (χ3v) is 6.53. The third-order valence-electron chi connectivity index (χ3n) is 5.27. The summed E-state index contributed by atoms with van der Waals surface area (Å²) in [6, 6.07) is 27.4. The summed E-state index contributed by atoms with van der Waals surface area (Å²) in [7, 11) is 0. The molecule has 0 bridgehead atoms. The van der Waals surface area contributed by atoms with E-state index >= 15 is 0 Å². The predicted molar refractivity (Wildman–Crippen MR) is 121 cm³/mol. The second-order valence-electron chi connectivity index (χ2n) is 7.40. The number of thioether (sulfide) groups is 1. The lowest BCUT2D eigenvalue weighted by atomic mass is 10.1. The quantitative estimate of drug-likeness (QED) is 0.618. The first kappa shape index (κ1) is 20.2. The number of carbonyl (C=O) groups excluding carboxylic acids is 2. The minimum atomic E-state index is -0.103. The van der Waals surface area contributed by atoms with Crippen molar-refractivity contribution in [3.8, 4) is 0 Å². The normalized spacial score (nSPS) is 17.0. The Morgan fingerprint density at radius 2 is 1.63 bits per heavy atom. The van der Waals surface area contributed by atoms with E-state index in [0.717, 1.165) is 16.7 Å². The molecule has 0 aromatic heterocycles. The van der Waals surface area contributed by atoms with Crippen LogP contribution in [0.2, 0.25) is 0 Å². The van der Waals surface area contributed by atoms with E-state index in [4.69, 9.17) is 0 Å². The summed E-state index contributed by atoms with van der Waals surface area (Å²) in [5.74, 6) is 0.524. The fourth-order valence-electron chi connectivity index (χ4n) is 3.59. The van der Waals surface area contributed by atoms with Gasteiger partial charge in [0.1, 0.15) is 5.37 Å². The summed E-state index contributed by atoms with van der Waals surface area (Å²) in [6.07, 6.45) is 0. The van der Waals surface area contributed by atoms with E-state index < -0.39 is 0 Å². The van der Waals surface area contributed by atoms with Crippen molar-refractivity contribution in [3.05, 3.63) is 107 Å². The van der Waals surface area contributed by atoms with Crippen LogP contribution in [0.15, 0.2) is 84.9 Å². The van der Waals surface area contributed by atoms with Crippen molar-refractivity contribution in [2.24, 2.45) is 0 Å². The Morgan fingerprint density at radius 1 is 1.00 bits per heavy atom. The molecule has 1 aliphatic rings. The minimum absolute atomic E-state index is 0.0296. The predicted octanol–water partition coefficient (Wildman–Crippen LogP) is 4.95. The Morgan fingerprint density at radius 3 is 2.30 bits per heavy atom. The van der Waals surface area contributed by atoms with Crippen LogP contribution < -0.4 is 5.32 Å². The molecule has 1 fully saturated rings. The zero-order valence-electron chi connectivity index (χ0n) is 16.8. The van der Waals surface area contributed by atoms with E-state index in [-0.39, 0.29) is 23.2 Å². The van der Waals surface area contributed by atoms with E-state index in [1.165, 1.54) is 0 Å². The maximum Gasteiger partial charge on any atom is 0.251 e. The number of amides is 2. The van der Waals surface area contributed by atoms with Gasteiger partial charge in [0, 0.05) is 12.1 Å². The Bertz CT molecular complexity index is 1010. The van der Waals surface area contributed by atoms with Gasteiger partial charge in [0.2, 0.25) is 5.91 Å². The molecule has 5 heteroatoms. The fourth-order valence-corrected chi connectivity index (χ4v) is 4.77. The molecule has 4 nitrogen and oxygen atoms in total. The Balaban J connectivity index is 1.44. The molecule has 0 saturated carbocycles. The molecule has 1 saturated heterocycles. The fraction of sp³-hybridized carbons (Fsp3) is 0.200. The average molecular weight is 417 g/mol. The van der Waals surface area contributed by atoms with Crippen LogP contribution in [0.4, 0.5) is 0 Å². The van der Waals surface area contributed by atoms with E-state index in [2.05, 4.69) is 5.32 Å². The molecule has 1 aliphatic heterocycles. The molecular formula is C25H24N2O2S. The molecule has 4 rings (SSSR count). The second-order valence-corrected chi connectivity index (χ2v) is 8.47. The topological polar surface area (TPSA) is 49.4 Å². The van der Waals surface area contributed by atoms with Gasteiger partial charge in [-0.15, -0.1) is 11.8 Å². The minimum Gasteiger partial charge on any atom is -0.346 e. The summed E-state index contributed by atoms with van der Waals surface area (Å²) in [6.45, 7) is 2.57. The average Bonchev–Trinajstić information content (AvgIpc) is 3.15. The van der Waals surface area contributed by atoms with Gasteiger partial charge in [-0.2, -0.15) is 0 Å². The van der Waals surface area contributed by atoms with Crippen LogP contribution in [-0.2, 0) is 11.3 Å². The summed E-state index contributed by atoms with van der Waals surface area (Å²) in [4.78, 5) is 27.0. The van der Waals surface area contributed by atoms with Crippen molar-refractivity contribution >= 4 is 23.6 Å². The first-order valence-corrected chi connectivity index (χ1v) is 11.1. The van der Waals surface area contributed by atoms with E-state index in [0.29, 0.717) is 17.9 Å². The molecule has 2 atom stereocenters. The lowest BCUT2D eigenvalue weighted by molar-refractivity contribution is -0.128. The molecule has 1 unspecified atom stereocenters. The maximum absolute atomic E-state index is 12.6. The highest BCUT2D eigenvalue weighted by molar-refractivity contribution is 8.00. The summed E-state index contributed by atoms with van der Waals surface area (Å²) < 4.78 is 0. The SMILES string of the molecule is C[C@H](NC(=O)c1ccc(C2SCC(=O)N2Cc2ccccc2)cc1)c1ccccc1. The summed E-state index contributed by atoms with van der Waals surface area (Å²) in [5, 5.41) is 3.01. The summed E-state index contributed by atoms with van der Waals surface area (Å²) >= 11 is 1.63. The third kappa shape index (κ3) is 4.57. The standard InChI is InChI=1S/C25H24N2O2S/c1-18(20-10-6-3-7-11-20)26-24(29)21-12-14-22(15-13-21)25-27(23(28)17-30-25)16-19-8-4-2-5-9-19/h2-15,18,25H,16-17H2,1H3,(H,26,29)/t18-,25?/m0/s1. The monoisotopic (exact) mass is 416 g/mol. The number of rotatable bonds is 6. The van der Waals surface area contributed by atoms with Crippen LogP contribution in [0.25, 0.3) is 0 Å². The first-order chi connectivity index (χ1) is 14.6. The van der Waals surface area contributed by atoms with Crippen LogP contribution in [0.5, 0.6) is 0 Å². The Labute approximate surface area is 181 Å². The molecule has 1 heterocycles. The molecule has 0 radical (unpaired) electrons. The maximum atomic E-state index is 12.6. The highest BCUT2D eigenvalue weighted by Crippen LogP contribution is 2.39. The zero-order chi connectivity index (χ0) is 20.9. The zero-order valence-corrected chi connectivity index (χ0v) is 17.6. The number of hydrogen-bond acceptors (Lipinski definition) is 3. The van der Waals surface area contributed by atoms with Gasteiger partial charge in [-0.25, -0.2) is 0 Å². The Kier molecular flexibility index (Phi) is 6.19. The van der Waals surface area contributed by atoms with Gasteiger partial charge in [-0.3, -0.25) is 9.59 Å². The van der Waals surface area contributed by atoms with Crippen molar-refractivity contribution in [1.29, 1.82) is 0 Å². The second kappa shape index (κ2) is 9.18. The van der Waals surface area contributed by atoms with Gasteiger partial charge in [-0.1, -0.05) is 72.8 Å². The van der Waals surface area contributed by atoms with Crippen LogP contribution in [0.1, 0.15) is 45.4 Å². The number of carbonyl (C=O) groups is 2. The molecule has 3 aromatic rings. The number of benzene rings is 3. The smallest absolute Gasteiger partial charge is 0.251 e. The van der Waals surface area contributed by atoms with Crippen molar-refractivity contribution in [2.75, 3.05) is 5.75 Å². The van der Waals surface area contributed by atoms with Crippen molar-refractivity contribution < 1.29 is 9.59 Å². The molecular weight excluding hydrogens is 392 g/mol. The highest BCUT2D eigenvalue weighted by atomic mass is 32.2. The van der Waals surface area contributed by atoms with Gasteiger partial charge < -0.3 is 10.2 Å². The molecule has 0 spiro atoms. The van der Waals surface area contributed by atoms with Crippen LogP contribution in [0, 0.1) is 0 Å². The molecule has 0 aliphatic carbocycles. The van der Waals surface area contributed by atoms with Crippen LogP contribution >= 0.6 is 11.8 Å². The molecule has 2 amide bonds. The lowest BCUT2D eigenvalue weighted by Crippen LogP contribution is -2.28. The van der Waals surface area contributed by atoms with Crippen LogP contribution in [0.3, 0.4) is 0 Å². The van der Waals surface area contributed by atoms with Gasteiger partial charge in [0.05, 0.1) is 11.8 Å². The van der Waals surface area contributed by atoms with Gasteiger partial charge >= 0.3 is 0 Å². The highest BCUT2D eigenvalue weighted by Gasteiger charge is 2.32. The van der Waals surface area contributed by atoms with E-state index in [1.54, 1.807) is 11.8 Å². The Hall–Kier alpha value is -3.05. The summed E-state index contributed by atoms with van der Waals surface area (Å²) in [5.41, 5.74) is 3.84. The van der Waals surface area contributed by atoms with Crippen molar-refractivity contribution in [2.45, 2.75) is 24.9 Å². The van der Waals surface area contributed by atoms with Gasteiger partial charge in [0.15, 0.2) is 0 Å².